The number of hydrogen-bond donors (Lipinski definition) is 1. The first-order chi connectivity index (χ1) is 11.3. The molecule has 3 nitrogen and oxygen atoms in total. The number of piperidine rings is 1. The Hall–Kier alpha value is -2.07. The van der Waals surface area contributed by atoms with Gasteiger partial charge in [0.1, 0.15) is 0 Å². The van der Waals surface area contributed by atoms with E-state index in [0.29, 0.717) is 5.92 Å². The van der Waals surface area contributed by atoms with Gasteiger partial charge in [-0.15, -0.1) is 11.3 Å². The molecule has 1 fully saturated rings. The number of carbonyl (C=O) groups excluding carboxylic acids is 1. The standard InChI is InChI=1S/C19H20N2OS/c22-19(18-6-3-11-23-18)21-9-7-14(8-10-21)12-15-13-20-17-5-2-1-4-16(15)17/h1-6,11,13-14,20H,7-10,12H2. The molecule has 23 heavy (non-hydrogen) atoms. The van der Waals surface area contributed by atoms with Gasteiger partial charge >= 0.3 is 0 Å². The predicted octanol–water partition coefficient (Wildman–Crippen LogP) is 4.32. The first kappa shape index (κ1) is 14.5. The number of hydrogen-bond acceptors (Lipinski definition) is 2. The van der Waals surface area contributed by atoms with Crippen molar-refractivity contribution >= 4 is 28.1 Å². The number of rotatable bonds is 3. The molecule has 4 heteroatoms. The third kappa shape index (κ3) is 2.91. The number of aromatic amines is 1. The molecule has 1 aliphatic rings. The van der Waals surface area contributed by atoms with Gasteiger partial charge in [0, 0.05) is 30.2 Å². The number of benzene rings is 1. The lowest BCUT2D eigenvalue weighted by Crippen LogP contribution is -2.38. The van der Waals surface area contributed by atoms with Crippen LogP contribution in [0.15, 0.2) is 48.0 Å². The highest BCUT2D eigenvalue weighted by Gasteiger charge is 2.24. The lowest BCUT2D eigenvalue weighted by molar-refractivity contribution is 0.0695. The molecular formula is C19H20N2OS. The molecule has 4 rings (SSSR count). The van der Waals surface area contributed by atoms with E-state index >= 15 is 0 Å². The van der Waals surface area contributed by atoms with E-state index in [1.165, 1.54) is 27.8 Å². The van der Waals surface area contributed by atoms with Gasteiger partial charge in [-0.05, 0) is 48.3 Å². The van der Waals surface area contributed by atoms with Gasteiger partial charge in [-0.3, -0.25) is 4.79 Å². The van der Waals surface area contributed by atoms with Crippen LogP contribution in [-0.2, 0) is 6.42 Å². The van der Waals surface area contributed by atoms with Gasteiger partial charge < -0.3 is 9.88 Å². The second-order valence-corrected chi connectivity index (χ2v) is 7.22. The highest BCUT2D eigenvalue weighted by atomic mass is 32.1. The predicted molar refractivity (Wildman–Crippen MR) is 94.9 cm³/mol. The number of carbonyl (C=O) groups is 1. The lowest BCUT2D eigenvalue weighted by atomic mass is 9.90. The van der Waals surface area contributed by atoms with Crippen molar-refractivity contribution in [3.8, 4) is 0 Å². The molecule has 0 aliphatic carbocycles. The number of amides is 1. The smallest absolute Gasteiger partial charge is 0.263 e. The molecule has 0 atom stereocenters. The number of fused-ring (bicyclic) bond motifs is 1. The Morgan fingerprint density at radius 2 is 2.00 bits per heavy atom. The molecule has 1 N–H and O–H groups in total. The summed E-state index contributed by atoms with van der Waals surface area (Å²) in [5, 5.41) is 3.31. The van der Waals surface area contributed by atoms with E-state index in [2.05, 4.69) is 35.4 Å². The van der Waals surface area contributed by atoms with Gasteiger partial charge in [0.05, 0.1) is 4.88 Å². The highest BCUT2D eigenvalue weighted by Crippen LogP contribution is 2.27. The zero-order chi connectivity index (χ0) is 15.6. The molecule has 0 unspecified atom stereocenters. The molecule has 1 saturated heterocycles. The summed E-state index contributed by atoms with van der Waals surface area (Å²) in [5.74, 6) is 0.868. The van der Waals surface area contributed by atoms with Gasteiger partial charge in [0.2, 0.25) is 0 Å². The molecule has 3 aromatic rings. The maximum Gasteiger partial charge on any atom is 0.263 e. The molecule has 0 saturated carbocycles. The summed E-state index contributed by atoms with van der Waals surface area (Å²) in [6.07, 6.45) is 5.44. The van der Waals surface area contributed by atoms with Gasteiger partial charge in [-0.25, -0.2) is 0 Å². The Morgan fingerprint density at radius 1 is 1.17 bits per heavy atom. The summed E-state index contributed by atoms with van der Waals surface area (Å²) in [7, 11) is 0. The SMILES string of the molecule is O=C(c1cccs1)N1CCC(Cc2c[nH]c3ccccc23)CC1. The average molecular weight is 324 g/mol. The number of nitrogens with one attached hydrogen (secondary N) is 1. The Labute approximate surface area is 139 Å². The molecular weight excluding hydrogens is 304 g/mol. The van der Waals surface area contributed by atoms with Crippen molar-refractivity contribution in [3.05, 3.63) is 58.4 Å². The molecule has 0 radical (unpaired) electrons. The zero-order valence-corrected chi connectivity index (χ0v) is 13.8. The van der Waals surface area contributed by atoms with E-state index in [1.807, 2.05) is 22.4 Å². The van der Waals surface area contributed by atoms with Gasteiger partial charge in [0.25, 0.3) is 5.91 Å². The molecule has 0 bridgehead atoms. The van der Waals surface area contributed by atoms with Crippen molar-refractivity contribution in [1.29, 1.82) is 0 Å². The number of nitrogens with zero attached hydrogens (tertiary/aromatic N) is 1. The van der Waals surface area contributed by atoms with Crippen LogP contribution in [0, 0.1) is 5.92 Å². The normalized spacial score (nSPS) is 16.1. The van der Waals surface area contributed by atoms with Gasteiger partial charge in [-0.1, -0.05) is 24.3 Å². The van der Waals surface area contributed by atoms with Crippen molar-refractivity contribution in [2.45, 2.75) is 19.3 Å². The second-order valence-electron chi connectivity index (χ2n) is 6.28. The summed E-state index contributed by atoms with van der Waals surface area (Å²) in [4.78, 5) is 18.6. The van der Waals surface area contributed by atoms with Crippen molar-refractivity contribution in [2.24, 2.45) is 5.92 Å². The Balaban J connectivity index is 1.39. The number of aromatic nitrogens is 1. The minimum atomic E-state index is 0.200. The quantitative estimate of drug-likeness (QED) is 0.765. The third-order valence-electron chi connectivity index (χ3n) is 4.82. The summed E-state index contributed by atoms with van der Waals surface area (Å²) in [5.41, 5.74) is 2.62. The van der Waals surface area contributed by atoms with E-state index in [-0.39, 0.29) is 5.91 Å². The Kier molecular flexibility index (Phi) is 3.92. The van der Waals surface area contributed by atoms with Gasteiger partial charge in [0.15, 0.2) is 0 Å². The number of H-pyrrole nitrogens is 1. The largest absolute Gasteiger partial charge is 0.361 e. The Morgan fingerprint density at radius 3 is 2.78 bits per heavy atom. The number of likely N-dealkylation sites (tertiary alicyclic amines) is 1. The fourth-order valence-corrected chi connectivity index (χ4v) is 4.20. The van der Waals surface area contributed by atoms with Crippen LogP contribution in [0.3, 0.4) is 0 Å². The van der Waals surface area contributed by atoms with E-state index in [4.69, 9.17) is 0 Å². The van der Waals surface area contributed by atoms with Crippen LogP contribution in [0.25, 0.3) is 10.9 Å². The van der Waals surface area contributed by atoms with Crippen LogP contribution in [-0.4, -0.2) is 28.9 Å². The summed E-state index contributed by atoms with van der Waals surface area (Å²) in [6, 6.07) is 12.4. The number of thiophene rings is 1. The highest BCUT2D eigenvalue weighted by molar-refractivity contribution is 7.12. The first-order valence-electron chi connectivity index (χ1n) is 8.19. The molecule has 1 amide bonds. The third-order valence-corrected chi connectivity index (χ3v) is 5.68. The maximum absolute atomic E-state index is 12.4. The van der Waals surface area contributed by atoms with E-state index < -0.39 is 0 Å². The van der Waals surface area contributed by atoms with Crippen LogP contribution in [0.5, 0.6) is 0 Å². The number of para-hydroxylation sites is 1. The zero-order valence-electron chi connectivity index (χ0n) is 13.0. The summed E-state index contributed by atoms with van der Waals surface area (Å²) in [6.45, 7) is 1.76. The maximum atomic E-state index is 12.4. The minimum Gasteiger partial charge on any atom is -0.361 e. The average Bonchev–Trinajstić information content (AvgIpc) is 3.25. The van der Waals surface area contributed by atoms with E-state index in [1.54, 1.807) is 0 Å². The van der Waals surface area contributed by atoms with Crippen molar-refractivity contribution < 1.29 is 4.79 Å². The summed E-state index contributed by atoms with van der Waals surface area (Å²) >= 11 is 1.54. The summed E-state index contributed by atoms with van der Waals surface area (Å²) < 4.78 is 0. The molecule has 2 aromatic heterocycles. The van der Waals surface area contributed by atoms with E-state index in [0.717, 1.165) is 37.2 Å². The molecule has 1 aliphatic heterocycles. The topological polar surface area (TPSA) is 36.1 Å². The first-order valence-corrected chi connectivity index (χ1v) is 9.07. The van der Waals surface area contributed by atoms with E-state index in [9.17, 15) is 4.79 Å². The molecule has 118 valence electrons. The van der Waals surface area contributed by atoms with Crippen LogP contribution in [0.2, 0.25) is 0 Å². The van der Waals surface area contributed by atoms with Crippen molar-refractivity contribution in [2.75, 3.05) is 13.1 Å². The molecule has 0 spiro atoms. The monoisotopic (exact) mass is 324 g/mol. The lowest BCUT2D eigenvalue weighted by Gasteiger charge is -2.31. The van der Waals surface area contributed by atoms with Crippen LogP contribution < -0.4 is 0 Å². The van der Waals surface area contributed by atoms with Crippen LogP contribution >= 0.6 is 11.3 Å². The fraction of sp³-hybridized carbons (Fsp3) is 0.316. The van der Waals surface area contributed by atoms with Crippen LogP contribution in [0.1, 0.15) is 28.1 Å². The van der Waals surface area contributed by atoms with Gasteiger partial charge in [-0.2, -0.15) is 0 Å². The van der Waals surface area contributed by atoms with Crippen molar-refractivity contribution in [3.63, 3.8) is 0 Å². The fourth-order valence-electron chi connectivity index (χ4n) is 3.51. The van der Waals surface area contributed by atoms with Crippen molar-refractivity contribution in [1.82, 2.24) is 9.88 Å². The minimum absolute atomic E-state index is 0.200. The Bertz CT molecular complexity index is 798. The molecule has 1 aromatic carbocycles. The van der Waals surface area contributed by atoms with Crippen LogP contribution in [0.4, 0.5) is 0 Å². The molecule has 3 heterocycles. The second kappa shape index (κ2) is 6.20.